The van der Waals surface area contributed by atoms with E-state index < -0.39 is 138 Å². The minimum Gasteiger partial charge on any atom is -0.481 e. The monoisotopic (exact) mass is 1940 g/mol. The first-order valence-corrected chi connectivity index (χ1v) is 48.9. The van der Waals surface area contributed by atoms with Gasteiger partial charge in [0.25, 0.3) is 22.2 Å². The van der Waals surface area contributed by atoms with Crippen LogP contribution in [0.15, 0.2) is 220 Å². The number of amides is 4. The minimum atomic E-state index is -1.20. The van der Waals surface area contributed by atoms with Crippen LogP contribution in [0.4, 0.5) is 5.69 Å². The van der Waals surface area contributed by atoms with Gasteiger partial charge in [0.1, 0.15) is 24.2 Å². The molecule has 3 unspecified atom stereocenters. The molecule has 11 aromatic rings. The molecule has 29 nitrogen and oxygen atoms in total. The summed E-state index contributed by atoms with van der Waals surface area (Å²) < 4.78 is 5.47. The Hall–Kier alpha value is -14.9. The molecule has 6 aromatic heterocycles. The summed E-state index contributed by atoms with van der Waals surface area (Å²) in [5.74, 6) is -7.18. The van der Waals surface area contributed by atoms with Crippen LogP contribution in [0.25, 0.3) is 61.0 Å². The van der Waals surface area contributed by atoms with E-state index >= 15 is 9.59 Å². The number of nitrogens with zero attached hydrogens (tertiary/aromatic N) is 9. The number of allylic oxidation sites excluding steroid dienone is 1. The molecule has 1 fully saturated rings. The Morgan fingerprint density at radius 3 is 1.50 bits per heavy atom. The Labute approximate surface area is 833 Å². The highest BCUT2D eigenvalue weighted by Crippen LogP contribution is 2.42. The average molecular weight is 1940 g/mol. The van der Waals surface area contributed by atoms with Crippen LogP contribution in [0.2, 0.25) is 0 Å². The number of aliphatic imine (C=N–C) groups is 1. The standard InChI is InChI=1S/C114H133N13O16/c1-62(2)38-95(110(139)122-94(53-105(137)138)83-47-85(59-117-57-83)108-69(12)30-32-87(75(108)18)79-35-37-124(101(130)49-79)96(39-63(3)4)111(140)121-93(52-104(135)136)82-46-84(58-116-56-82)107-66(9)24-21-25-67(107)10)123-36-34-78(45-100(123)129)44-81-43-74(17)127(77(81)20)86-27-22-26-80(48-86)92(51-103(133)134)120-113(142)98(41-65(7)8)126-61-118-109-89(28-23-29-90(109)114(126)143)88-33-31-68(11)106(76(88)19)72(15)55-115-54-71(14)91(50-102(131)132)119-112(141)97(40-64(5)6)125-60-73(16)70(13)42-99(125)128/h21-37,42,45-49,54-65,74,77,81,91-98H,14,38-41,43-44,50-53H2,1-13,15-20H3,(H,119,141)(H,120,142)(H,121,140)(H,122,139)(H,131,132)(H,133,134)(H,135,136)(H,137,138)/b72-55+,115-54?/t74?,77?,81?,91-,92+,93+,94+,95+,96-,97-,98+/m1/s1. The van der Waals surface area contributed by atoms with Crippen molar-refractivity contribution in [2.45, 2.75) is 256 Å². The van der Waals surface area contributed by atoms with Crippen molar-refractivity contribution < 1.29 is 58.8 Å². The van der Waals surface area contributed by atoms with Crippen LogP contribution >= 0.6 is 0 Å². The molecular formula is C114H133N13O16. The largest absolute Gasteiger partial charge is 0.481 e. The van der Waals surface area contributed by atoms with Gasteiger partial charge in [-0.2, -0.15) is 0 Å². The van der Waals surface area contributed by atoms with Crippen LogP contribution in [0.3, 0.4) is 0 Å². The van der Waals surface area contributed by atoms with Gasteiger partial charge in [0.05, 0.1) is 67.1 Å². The summed E-state index contributed by atoms with van der Waals surface area (Å²) in [7, 11) is 0. The van der Waals surface area contributed by atoms with Crippen molar-refractivity contribution in [1.29, 1.82) is 0 Å². The number of nitrogens with one attached hydrogen (secondary N) is 4. The predicted octanol–water partition coefficient (Wildman–Crippen LogP) is 18.6. The molecule has 0 saturated carbocycles. The lowest BCUT2D eigenvalue weighted by Crippen LogP contribution is -2.44. The van der Waals surface area contributed by atoms with Gasteiger partial charge in [0.15, 0.2) is 0 Å². The Kier molecular flexibility index (Phi) is 34.9. The molecule has 1 aliphatic heterocycles. The molecule has 0 spiro atoms. The van der Waals surface area contributed by atoms with Crippen molar-refractivity contribution in [3.63, 3.8) is 0 Å². The van der Waals surface area contributed by atoms with Crippen LogP contribution in [0.5, 0.6) is 0 Å². The van der Waals surface area contributed by atoms with Crippen LogP contribution in [0, 0.1) is 85.0 Å². The number of aryl methyl sites for hydroxylation is 6. The van der Waals surface area contributed by atoms with Gasteiger partial charge in [0, 0.05) is 108 Å². The number of hydrogen-bond acceptors (Lipinski definition) is 17. The molecule has 29 heteroatoms. The molecule has 750 valence electrons. The lowest BCUT2D eigenvalue weighted by molar-refractivity contribution is -0.139. The molecule has 8 N–H and O–H groups in total. The van der Waals surface area contributed by atoms with E-state index in [1.807, 2.05) is 197 Å². The van der Waals surface area contributed by atoms with Crippen molar-refractivity contribution in [2.24, 2.45) is 34.6 Å². The van der Waals surface area contributed by atoms with E-state index in [1.54, 1.807) is 79.8 Å². The van der Waals surface area contributed by atoms with Crippen LogP contribution in [0.1, 0.15) is 249 Å². The van der Waals surface area contributed by atoms with Gasteiger partial charge in [-0.1, -0.05) is 129 Å². The van der Waals surface area contributed by atoms with Crippen molar-refractivity contribution in [2.75, 3.05) is 4.90 Å². The van der Waals surface area contributed by atoms with Gasteiger partial charge in [-0.05, 0) is 298 Å². The molecule has 4 amide bonds. The Balaban J connectivity index is 0.722. The Bertz CT molecular complexity index is 7000. The number of carbonyl (C=O) groups excluding carboxylic acids is 4. The second-order valence-electron chi connectivity index (χ2n) is 40.3. The van der Waals surface area contributed by atoms with Crippen molar-refractivity contribution in [1.82, 2.24) is 54.5 Å². The fourth-order valence-corrected chi connectivity index (χ4v) is 20.3. The second kappa shape index (κ2) is 46.7. The summed E-state index contributed by atoms with van der Waals surface area (Å²) in [5, 5.41) is 53.3. The fourth-order valence-electron chi connectivity index (χ4n) is 20.3. The summed E-state index contributed by atoms with van der Waals surface area (Å²) in [6, 6.07) is 29.5. The first-order chi connectivity index (χ1) is 67.7. The number of pyridine rings is 5. The molecular weight excluding hydrogens is 1810 g/mol. The molecule has 143 heavy (non-hydrogen) atoms. The second-order valence-corrected chi connectivity index (χ2v) is 40.3. The summed E-state index contributed by atoms with van der Waals surface area (Å²) in [4.78, 5) is 187. The quantitative estimate of drug-likeness (QED) is 0.0165. The number of benzene rings is 5. The molecule has 1 saturated heterocycles. The molecule has 11 atom stereocenters. The highest BCUT2D eigenvalue weighted by Gasteiger charge is 2.39. The number of hydrogen-bond donors (Lipinski definition) is 8. The first kappa shape index (κ1) is 107. The number of para-hydroxylation sites is 1. The zero-order valence-corrected chi connectivity index (χ0v) is 85.0. The maximum absolute atomic E-state index is 15.1. The van der Waals surface area contributed by atoms with Gasteiger partial charge in [-0.15, -0.1) is 0 Å². The zero-order valence-electron chi connectivity index (χ0n) is 85.0. The number of rotatable bonds is 42. The predicted molar refractivity (Wildman–Crippen MR) is 558 cm³/mol. The van der Waals surface area contributed by atoms with Crippen LogP contribution in [-0.4, -0.2) is 125 Å². The lowest BCUT2D eigenvalue weighted by atomic mass is 9.89. The average Bonchev–Trinajstić information content (AvgIpc) is 1.57. The zero-order chi connectivity index (χ0) is 104. The molecule has 0 bridgehead atoms. The van der Waals surface area contributed by atoms with Gasteiger partial charge in [-0.25, -0.2) is 4.98 Å². The van der Waals surface area contributed by atoms with E-state index in [2.05, 4.69) is 61.6 Å². The number of carboxylic acids is 4. The number of aromatic nitrogens is 7. The van der Waals surface area contributed by atoms with Crippen LogP contribution in [-0.2, 0) is 44.8 Å². The Morgan fingerprint density at radius 1 is 0.469 bits per heavy atom. The van der Waals surface area contributed by atoms with E-state index in [4.69, 9.17) is 4.98 Å². The first-order valence-electron chi connectivity index (χ1n) is 48.9. The number of carboxylic acid groups (broad SMARTS) is 4. The highest BCUT2D eigenvalue weighted by atomic mass is 16.4. The van der Waals surface area contributed by atoms with Crippen molar-refractivity contribution in [3.8, 4) is 44.5 Å². The maximum Gasteiger partial charge on any atom is 0.305 e. The lowest BCUT2D eigenvalue weighted by Gasteiger charge is -2.31. The molecule has 0 aliphatic carbocycles. The molecule has 1 aliphatic rings. The summed E-state index contributed by atoms with van der Waals surface area (Å²) in [6.45, 7) is 41.0. The van der Waals surface area contributed by atoms with Gasteiger partial charge in [0.2, 0.25) is 23.6 Å². The molecule has 0 radical (unpaired) electrons. The number of carbonyl (C=O) groups is 8. The smallest absolute Gasteiger partial charge is 0.305 e. The van der Waals surface area contributed by atoms with Gasteiger partial charge < -0.3 is 60.3 Å². The molecule has 7 heterocycles. The number of fused-ring (bicyclic) bond motifs is 1. The van der Waals surface area contributed by atoms with E-state index in [1.165, 1.54) is 49.1 Å². The third-order valence-corrected chi connectivity index (χ3v) is 27.4. The topological polar surface area (TPSA) is 408 Å². The minimum absolute atomic E-state index is 0.00302. The van der Waals surface area contributed by atoms with Gasteiger partial charge in [-0.3, -0.25) is 77.1 Å². The molecule has 5 aromatic carbocycles. The highest BCUT2D eigenvalue weighted by molar-refractivity contribution is 5.96. The van der Waals surface area contributed by atoms with E-state index in [-0.39, 0.29) is 77.5 Å². The van der Waals surface area contributed by atoms with Crippen LogP contribution < -0.4 is 48.4 Å². The van der Waals surface area contributed by atoms with E-state index in [0.717, 1.165) is 89.1 Å². The Morgan fingerprint density at radius 2 is 0.951 bits per heavy atom. The maximum atomic E-state index is 15.1. The number of aliphatic carboxylic acids is 4. The molecule has 12 rings (SSSR count). The van der Waals surface area contributed by atoms with Gasteiger partial charge >= 0.3 is 23.9 Å². The normalized spacial score (nSPS) is 15.6. The van der Waals surface area contributed by atoms with Crippen molar-refractivity contribution in [3.05, 3.63) is 309 Å². The van der Waals surface area contributed by atoms with E-state index in [0.29, 0.717) is 63.7 Å². The van der Waals surface area contributed by atoms with Crippen molar-refractivity contribution >= 4 is 75.9 Å². The SMILES string of the molecule is C=C(C=N/C=C(\C)c1c(C)ccc(-c2cccc3c(=O)n([C@@H](CC(C)C)C(=O)N[C@@H](CC(=O)O)c4cccc(N5C(C)CC(Cc6ccn([C@@H](CC(C)C)C(=O)N[C@@H](CC(=O)O)c7cncc(-c8c(C)ccc(-c9ccn([C@H](CC(C)C)C(=O)N[C@@H](CC(=O)O)c%10cncc(-c%11c(C)cccc%11C)c%10)c(=O)c9)c8C)c7)c(=O)c6)C5C)c4)cnc23)c1C)[C@@H](CC(=O)O)NC(=O)[C@@H](CC(C)C)n1cc(C)c(C)cc1=O. The number of anilines is 1. The summed E-state index contributed by atoms with van der Waals surface area (Å²) in [5.41, 5.74) is 16.0. The summed E-state index contributed by atoms with van der Waals surface area (Å²) in [6.07, 6.45) is 15.9. The third-order valence-electron chi connectivity index (χ3n) is 27.4. The van der Waals surface area contributed by atoms with E-state index in [9.17, 15) is 68.4 Å². The fraction of sp³-hybridized carbons (Fsp3) is 0.386. The third kappa shape index (κ3) is 25.7. The summed E-state index contributed by atoms with van der Waals surface area (Å²) >= 11 is 0.